The molecule has 2 aromatic carbocycles. The first-order valence-corrected chi connectivity index (χ1v) is 7.72. The highest BCUT2D eigenvalue weighted by Crippen LogP contribution is 2.19. The van der Waals surface area contributed by atoms with Gasteiger partial charge in [0.25, 0.3) is 0 Å². The van der Waals surface area contributed by atoms with E-state index in [-0.39, 0.29) is 12.4 Å². The van der Waals surface area contributed by atoms with Crippen LogP contribution in [-0.4, -0.2) is 25.6 Å². The fourth-order valence-electron chi connectivity index (χ4n) is 2.08. The van der Waals surface area contributed by atoms with Crippen molar-refractivity contribution in [3.63, 3.8) is 0 Å². The zero-order valence-electron chi connectivity index (χ0n) is 14.2. The minimum Gasteiger partial charge on any atom is -0.495 e. The van der Waals surface area contributed by atoms with E-state index in [1.807, 2.05) is 30.3 Å². The van der Waals surface area contributed by atoms with Gasteiger partial charge in [0.15, 0.2) is 12.4 Å². The van der Waals surface area contributed by atoms with Crippen molar-refractivity contribution >= 4 is 11.9 Å². The predicted octanol–water partition coefficient (Wildman–Crippen LogP) is 3.18. The molecular formula is C20H19NO4. The molecule has 1 N–H and O–H groups in total. The Hall–Kier alpha value is -3.26. The summed E-state index contributed by atoms with van der Waals surface area (Å²) < 4.78 is 10.2. The van der Waals surface area contributed by atoms with E-state index in [1.54, 1.807) is 18.2 Å². The second-order valence-corrected chi connectivity index (χ2v) is 5.19. The third kappa shape index (κ3) is 5.70. The summed E-state index contributed by atoms with van der Waals surface area (Å²) in [5.74, 6) is 6.11. The van der Waals surface area contributed by atoms with Crippen LogP contribution in [0.4, 0.5) is 4.79 Å². The zero-order valence-corrected chi connectivity index (χ0v) is 14.2. The molecule has 0 aliphatic rings. The summed E-state index contributed by atoms with van der Waals surface area (Å²) >= 11 is 0. The molecular weight excluding hydrogens is 318 g/mol. The smallest absolute Gasteiger partial charge is 0.408 e. The van der Waals surface area contributed by atoms with E-state index in [0.29, 0.717) is 23.4 Å². The molecule has 5 nitrogen and oxygen atoms in total. The molecule has 0 radical (unpaired) electrons. The van der Waals surface area contributed by atoms with Crippen molar-refractivity contribution in [1.29, 1.82) is 0 Å². The van der Waals surface area contributed by atoms with Crippen molar-refractivity contribution in [3.8, 4) is 17.6 Å². The summed E-state index contributed by atoms with van der Waals surface area (Å²) in [6, 6.07) is 14.6. The highest BCUT2D eigenvalue weighted by molar-refractivity contribution is 5.94. The van der Waals surface area contributed by atoms with Gasteiger partial charge in [0.05, 0.1) is 12.7 Å². The average Bonchev–Trinajstić information content (AvgIpc) is 2.64. The average molecular weight is 337 g/mol. The number of ether oxygens (including phenoxy) is 2. The Morgan fingerprint density at radius 1 is 1.12 bits per heavy atom. The Balaban J connectivity index is 1.88. The lowest BCUT2D eigenvalue weighted by molar-refractivity contribution is 0.101. The lowest BCUT2D eigenvalue weighted by atomic mass is 10.1. The van der Waals surface area contributed by atoms with E-state index < -0.39 is 6.09 Å². The van der Waals surface area contributed by atoms with E-state index in [9.17, 15) is 9.59 Å². The topological polar surface area (TPSA) is 64.6 Å². The molecule has 25 heavy (non-hydrogen) atoms. The summed E-state index contributed by atoms with van der Waals surface area (Å²) in [5, 5.41) is 2.65. The number of Topliss-reactive ketones (excluding diaryl/α,β-unsaturated/α-hetero) is 1. The number of benzene rings is 2. The van der Waals surface area contributed by atoms with E-state index in [2.05, 4.69) is 17.2 Å². The molecule has 0 fully saturated rings. The van der Waals surface area contributed by atoms with E-state index >= 15 is 0 Å². The normalized spacial score (nSPS) is 9.52. The van der Waals surface area contributed by atoms with Gasteiger partial charge in [-0.2, -0.15) is 0 Å². The number of hydrogen-bond acceptors (Lipinski definition) is 4. The largest absolute Gasteiger partial charge is 0.495 e. The Kier molecular flexibility index (Phi) is 6.61. The molecule has 0 spiro atoms. The van der Waals surface area contributed by atoms with Gasteiger partial charge in [0.1, 0.15) is 5.75 Å². The van der Waals surface area contributed by atoms with Crippen LogP contribution in [0, 0.1) is 11.8 Å². The van der Waals surface area contributed by atoms with Crippen molar-refractivity contribution in [1.82, 2.24) is 5.32 Å². The molecule has 0 atom stereocenters. The van der Waals surface area contributed by atoms with Gasteiger partial charge < -0.3 is 14.8 Å². The molecule has 2 rings (SSSR count). The van der Waals surface area contributed by atoms with Gasteiger partial charge in [-0.1, -0.05) is 42.2 Å². The van der Waals surface area contributed by atoms with Gasteiger partial charge in [-0.15, -0.1) is 0 Å². The number of rotatable bonds is 5. The highest BCUT2D eigenvalue weighted by Gasteiger charge is 2.05. The molecule has 1 amide bonds. The molecule has 0 aliphatic carbocycles. The zero-order chi connectivity index (χ0) is 18.1. The van der Waals surface area contributed by atoms with Gasteiger partial charge in [-0.05, 0) is 30.7 Å². The summed E-state index contributed by atoms with van der Waals surface area (Å²) in [4.78, 5) is 23.1. The van der Waals surface area contributed by atoms with Crippen LogP contribution in [0.15, 0.2) is 48.5 Å². The first-order chi connectivity index (χ1) is 12.1. The Labute approximate surface area is 147 Å². The van der Waals surface area contributed by atoms with E-state index in [0.717, 1.165) is 5.56 Å². The van der Waals surface area contributed by atoms with Gasteiger partial charge in [-0.25, -0.2) is 4.79 Å². The fourth-order valence-corrected chi connectivity index (χ4v) is 2.08. The standard InChI is InChI=1S/C20H19NO4/c1-15(22)17-10-11-19(24-2)18(13-17)9-6-12-25-20(23)21-14-16-7-4-3-5-8-16/h3-5,7-8,10-11,13H,12,14H2,1-2H3,(H,21,23). The van der Waals surface area contributed by atoms with E-state index in [4.69, 9.17) is 9.47 Å². The van der Waals surface area contributed by atoms with Crippen LogP contribution in [0.3, 0.4) is 0 Å². The van der Waals surface area contributed by atoms with Crippen LogP contribution in [-0.2, 0) is 11.3 Å². The minimum absolute atomic E-state index is 0.0535. The predicted molar refractivity (Wildman–Crippen MR) is 94.5 cm³/mol. The number of carbonyl (C=O) groups is 2. The maximum atomic E-state index is 11.6. The van der Waals surface area contributed by atoms with Crippen LogP contribution in [0.5, 0.6) is 5.75 Å². The summed E-state index contributed by atoms with van der Waals surface area (Å²) in [7, 11) is 1.53. The monoisotopic (exact) mass is 337 g/mol. The number of nitrogens with one attached hydrogen (secondary N) is 1. The van der Waals surface area contributed by atoms with Crippen LogP contribution < -0.4 is 10.1 Å². The lowest BCUT2D eigenvalue weighted by Gasteiger charge is -2.05. The van der Waals surface area contributed by atoms with Gasteiger partial charge >= 0.3 is 6.09 Å². The first-order valence-electron chi connectivity index (χ1n) is 7.72. The SMILES string of the molecule is COc1ccc(C(C)=O)cc1C#CCOC(=O)NCc1ccccc1. The van der Waals surface area contributed by atoms with Crippen molar-refractivity contribution in [2.75, 3.05) is 13.7 Å². The maximum Gasteiger partial charge on any atom is 0.408 e. The minimum atomic E-state index is -0.539. The number of amides is 1. The van der Waals surface area contributed by atoms with E-state index in [1.165, 1.54) is 14.0 Å². The summed E-state index contributed by atoms with van der Waals surface area (Å²) in [6.07, 6.45) is -0.539. The highest BCUT2D eigenvalue weighted by atomic mass is 16.5. The lowest BCUT2D eigenvalue weighted by Crippen LogP contribution is -2.23. The second-order valence-electron chi connectivity index (χ2n) is 5.19. The first kappa shape index (κ1) is 18.1. The van der Waals surface area contributed by atoms with Crippen molar-refractivity contribution < 1.29 is 19.1 Å². The van der Waals surface area contributed by atoms with Gasteiger partial charge in [0, 0.05) is 12.1 Å². The molecule has 5 heteroatoms. The maximum absolute atomic E-state index is 11.6. The van der Waals surface area contributed by atoms with Crippen molar-refractivity contribution in [2.45, 2.75) is 13.5 Å². The van der Waals surface area contributed by atoms with Gasteiger partial charge in [-0.3, -0.25) is 4.79 Å². The molecule has 0 aliphatic heterocycles. The summed E-state index contributed by atoms with van der Waals surface area (Å²) in [6.45, 7) is 1.81. The van der Waals surface area contributed by atoms with Crippen LogP contribution >= 0.6 is 0 Å². The molecule has 2 aromatic rings. The number of ketones is 1. The molecule has 0 unspecified atom stereocenters. The molecule has 0 saturated carbocycles. The molecule has 0 aromatic heterocycles. The van der Waals surface area contributed by atoms with Crippen molar-refractivity contribution in [3.05, 3.63) is 65.2 Å². The number of alkyl carbamates (subject to hydrolysis) is 1. The third-order valence-electron chi connectivity index (χ3n) is 3.38. The van der Waals surface area contributed by atoms with Crippen molar-refractivity contribution in [2.24, 2.45) is 0 Å². The van der Waals surface area contributed by atoms with Gasteiger partial charge in [0.2, 0.25) is 0 Å². The third-order valence-corrected chi connectivity index (χ3v) is 3.38. The van der Waals surface area contributed by atoms with Crippen LogP contribution in [0.25, 0.3) is 0 Å². The second kappa shape index (κ2) is 9.14. The van der Waals surface area contributed by atoms with Crippen LogP contribution in [0.2, 0.25) is 0 Å². The number of carbonyl (C=O) groups excluding carboxylic acids is 2. The molecule has 0 saturated heterocycles. The Morgan fingerprint density at radius 3 is 2.56 bits per heavy atom. The summed E-state index contributed by atoms with van der Waals surface area (Å²) in [5.41, 5.74) is 2.10. The quantitative estimate of drug-likeness (QED) is 0.672. The molecule has 0 heterocycles. The fraction of sp³-hybridized carbons (Fsp3) is 0.200. The number of hydrogen-bond donors (Lipinski definition) is 1. The molecule has 0 bridgehead atoms. The van der Waals surface area contributed by atoms with Crippen LogP contribution in [0.1, 0.15) is 28.4 Å². The number of methoxy groups -OCH3 is 1. The molecule has 128 valence electrons. The Bertz CT molecular complexity index is 803. The Morgan fingerprint density at radius 2 is 1.88 bits per heavy atom.